The number of hydrogen-bond donors (Lipinski definition) is 2. The lowest BCUT2D eigenvalue weighted by Crippen LogP contribution is -2.34. The van der Waals surface area contributed by atoms with Gasteiger partial charge in [-0.15, -0.1) is 0 Å². The molecule has 0 saturated carbocycles. The number of carboxylic acid groups (broad SMARTS) is 1. The van der Waals surface area contributed by atoms with Crippen LogP contribution in [0.5, 0.6) is 5.75 Å². The molecule has 0 amide bonds. The summed E-state index contributed by atoms with van der Waals surface area (Å²) < 4.78 is 0.406. The Bertz CT molecular complexity index is 610. The van der Waals surface area contributed by atoms with E-state index in [-0.39, 0.29) is 5.75 Å². The van der Waals surface area contributed by atoms with Crippen LogP contribution in [0.1, 0.15) is 18.1 Å². The molecule has 4 heteroatoms. The Hall–Kier alpha value is -1.81. The van der Waals surface area contributed by atoms with Gasteiger partial charge in [-0.25, -0.2) is 0 Å². The van der Waals surface area contributed by atoms with Gasteiger partial charge in [-0.3, -0.25) is 4.79 Å². The first-order valence-corrected chi connectivity index (χ1v) is 6.54. The number of carbonyl (C=O) groups is 1. The minimum Gasteiger partial charge on any atom is -0.507 e. The van der Waals surface area contributed by atoms with E-state index in [0.29, 0.717) is 15.6 Å². The van der Waals surface area contributed by atoms with Gasteiger partial charge in [0.15, 0.2) is 0 Å². The average Bonchev–Trinajstić information content (AvgIpc) is 2.42. The van der Waals surface area contributed by atoms with Gasteiger partial charge in [0.05, 0.1) is 4.47 Å². The highest BCUT2D eigenvalue weighted by atomic mass is 79.9. The lowest BCUT2D eigenvalue weighted by molar-refractivity contribution is -0.141. The van der Waals surface area contributed by atoms with E-state index in [0.717, 1.165) is 0 Å². The van der Waals surface area contributed by atoms with Crippen LogP contribution in [0, 0.1) is 0 Å². The number of benzene rings is 2. The van der Waals surface area contributed by atoms with Crippen LogP contribution in [0.4, 0.5) is 0 Å². The topological polar surface area (TPSA) is 57.5 Å². The van der Waals surface area contributed by atoms with Gasteiger partial charge in [-0.05, 0) is 40.0 Å². The van der Waals surface area contributed by atoms with Crippen LogP contribution < -0.4 is 0 Å². The minimum absolute atomic E-state index is 0.0286. The third-order valence-electron chi connectivity index (χ3n) is 3.30. The standard InChI is InChI=1S/C15H13BrO3/c1-15(14(18)19,10-6-3-2-4-7-10)11-8-5-9-12(17)13(11)16/h2-9,17H,1H3,(H,18,19). The van der Waals surface area contributed by atoms with Crippen LogP contribution in [-0.2, 0) is 10.2 Å². The van der Waals surface area contributed by atoms with Gasteiger partial charge in [0.1, 0.15) is 11.2 Å². The predicted molar refractivity (Wildman–Crippen MR) is 76.3 cm³/mol. The van der Waals surface area contributed by atoms with Crippen molar-refractivity contribution in [3.63, 3.8) is 0 Å². The summed E-state index contributed by atoms with van der Waals surface area (Å²) in [5.74, 6) is -0.939. The number of carboxylic acids is 1. The molecule has 98 valence electrons. The Balaban J connectivity index is 2.71. The number of aromatic hydroxyl groups is 1. The van der Waals surface area contributed by atoms with Crippen molar-refractivity contribution < 1.29 is 15.0 Å². The van der Waals surface area contributed by atoms with Gasteiger partial charge in [0, 0.05) is 0 Å². The molecule has 2 N–H and O–H groups in total. The van der Waals surface area contributed by atoms with Crippen molar-refractivity contribution in [1.29, 1.82) is 0 Å². The van der Waals surface area contributed by atoms with Gasteiger partial charge in [0.2, 0.25) is 0 Å². The van der Waals surface area contributed by atoms with Crippen molar-refractivity contribution >= 4 is 21.9 Å². The van der Waals surface area contributed by atoms with Gasteiger partial charge in [-0.1, -0.05) is 42.5 Å². The summed E-state index contributed by atoms with van der Waals surface area (Å²) in [6, 6.07) is 13.8. The highest BCUT2D eigenvalue weighted by Crippen LogP contribution is 2.40. The molecule has 0 radical (unpaired) electrons. The van der Waals surface area contributed by atoms with Crippen LogP contribution in [0.15, 0.2) is 53.0 Å². The van der Waals surface area contributed by atoms with Crippen LogP contribution in [0.25, 0.3) is 0 Å². The lowest BCUT2D eigenvalue weighted by atomic mass is 9.76. The molecule has 0 heterocycles. The number of rotatable bonds is 3. The molecule has 2 rings (SSSR count). The summed E-state index contributed by atoms with van der Waals surface area (Å²) in [4.78, 5) is 11.8. The number of halogens is 1. The van der Waals surface area contributed by atoms with Crippen molar-refractivity contribution in [2.75, 3.05) is 0 Å². The Labute approximate surface area is 119 Å². The molecule has 0 aliphatic rings. The number of phenolic OH excluding ortho intramolecular Hbond substituents is 1. The summed E-state index contributed by atoms with van der Waals surface area (Å²) in [5.41, 5.74) is -0.0428. The maximum atomic E-state index is 11.8. The van der Waals surface area contributed by atoms with E-state index < -0.39 is 11.4 Å². The maximum absolute atomic E-state index is 11.8. The molecule has 2 aromatic rings. The summed E-state index contributed by atoms with van der Waals surface area (Å²) in [7, 11) is 0. The Morgan fingerprint density at radius 3 is 2.32 bits per heavy atom. The monoisotopic (exact) mass is 320 g/mol. The quantitative estimate of drug-likeness (QED) is 0.909. The average molecular weight is 321 g/mol. The molecular formula is C15H13BrO3. The van der Waals surface area contributed by atoms with E-state index in [1.165, 1.54) is 6.07 Å². The smallest absolute Gasteiger partial charge is 0.318 e. The molecule has 0 saturated heterocycles. The van der Waals surface area contributed by atoms with E-state index in [1.54, 1.807) is 43.3 Å². The number of hydrogen-bond acceptors (Lipinski definition) is 2. The molecule has 0 spiro atoms. The molecule has 0 aliphatic heterocycles. The second kappa shape index (κ2) is 5.05. The molecule has 3 nitrogen and oxygen atoms in total. The molecule has 2 aromatic carbocycles. The number of aliphatic carboxylic acids is 1. The van der Waals surface area contributed by atoms with Crippen molar-refractivity contribution in [3.8, 4) is 5.75 Å². The second-order valence-electron chi connectivity index (χ2n) is 4.43. The SMILES string of the molecule is CC(C(=O)O)(c1ccccc1)c1cccc(O)c1Br. The zero-order chi connectivity index (χ0) is 14.0. The lowest BCUT2D eigenvalue weighted by Gasteiger charge is -2.27. The van der Waals surface area contributed by atoms with Crippen molar-refractivity contribution in [2.45, 2.75) is 12.3 Å². The van der Waals surface area contributed by atoms with E-state index in [9.17, 15) is 15.0 Å². The molecule has 0 fully saturated rings. The van der Waals surface area contributed by atoms with E-state index in [2.05, 4.69) is 15.9 Å². The fraction of sp³-hybridized carbons (Fsp3) is 0.133. The van der Waals surface area contributed by atoms with Crippen molar-refractivity contribution in [3.05, 3.63) is 64.1 Å². The first kappa shape index (κ1) is 13.6. The fourth-order valence-corrected chi connectivity index (χ4v) is 2.73. The normalized spacial score (nSPS) is 13.8. The third-order valence-corrected chi connectivity index (χ3v) is 4.13. The molecular weight excluding hydrogens is 308 g/mol. The van der Waals surface area contributed by atoms with Crippen LogP contribution in [0.3, 0.4) is 0 Å². The molecule has 0 aromatic heterocycles. The Morgan fingerprint density at radius 1 is 1.11 bits per heavy atom. The Kier molecular flexibility index (Phi) is 3.62. The predicted octanol–water partition coefficient (Wildman–Crippen LogP) is 3.55. The summed E-state index contributed by atoms with van der Waals surface area (Å²) in [5, 5.41) is 19.4. The highest BCUT2D eigenvalue weighted by molar-refractivity contribution is 9.10. The van der Waals surface area contributed by atoms with E-state index in [1.807, 2.05) is 6.07 Å². The minimum atomic E-state index is -1.22. The zero-order valence-electron chi connectivity index (χ0n) is 10.3. The molecule has 19 heavy (non-hydrogen) atoms. The van der Waals surface area contributed by atoms with Gasteiger partial charge >= 0.3 is 5.97 Å². The highest BCUT2D eigenvalue weighted by Gasteiger charge is 2.39. The Morgan fingerprint density at radius 2 is 1.74 bits per heavy atom. The third kappa shape index (κ3) is 2.24. The van der Waals surface area contributed by atoms with Gasteiger partial charge in [-0.2, -0.15) is 0 Å². The van der Waals surface area contributed by atoms with Crippen molar-refractivity contribution in [2.24, 2.45) is 0 Å². The first-order chi connectivity index (χ1) is 8.98. The van der Waals surface area contributed by atoms with Gasteiger partial charge in [0.25, 0.3) is 0 Å². The van der Waals surface area contributed by atoms with E-state index >= 15 is 0 Å². The van der Waals surface area contributed by atoms with Crippen molar-refractivity contribution in [1.82, 2.24) is 0 Å². The van der Waals surface area contributed by atoms with E-state index in [4.69, 9.17) is 0 Å². The van der Waals surface area contributed by atoms with Gasteiger partial charge < -0.3 is 10.2 Å². The molecule has 1 atom stereocenters. The second-order valence-corrected chi connectivity index (χ2v) is 5.23. The summed E-state index contributed by atoms with van der Waals surface area (Å²) >= 11 is 3.27. The molecule has 0 bridgehead atoms. The largest absolute Gasteiger partial charge is 0.507 e. The van der Waals surface area contributed by atoms with Crippen LogP contribution >= 0.6 is 15.9 Å². The molecule has 1 unspecified atom stereocenters. The van der Waals surface area contributed by atoms with Crippen LogP contribution in [-0.4, -0.2) is 16.2 Å². The zero-order valence-corrected chi connectivity index (χ0v) is 11.9. The molecule has 0 aliphatic carbocycles. The number of phenols is 1. The van der Waals surface area contributed by atoms with Crippen LogP contribution in [0.2, 0.25) is 0 Å². The summed E-state index contributed by atoms with van der Waals surface area (Å²) in [6.07, 6.45) is 0. The summed E-state index contributed by atoms with van der Waals surface area (Å²) in [6.45, 7) is 1.63. The fourth-order valence-electron chi connectivity index (χ4n) is 2.07. The first-order valence-electron chi connectivity index (χ1n) is 5.75. The maximum Gasteiger partial charge on any atom is 0.318 e.